The zero-order chi connectivity index (χ0) is 6.08. The van der Waals surface area contributed by atoms with Gasteiger partial charge in [-0.15, -0.1) is 0 Å². The molecule has 0 amide bonds. The summed E-state index contributed by atoms with van der Waals surface area (Å²) in [7, 11) is 0. The molecule has 0 fully saturated rings. The largest absolute Gasteiger partial charge is 0.101 e. The van der Waals surface area contributed by atoms with Crippen molar-refractivity contribution < 1.29 is 19.5 Å². The Kier molecular flexibility index (Phi) is 6.62. The van der Waals surface area contributed by atoms with Crippen molar-refractivity contribution in [3.05, 3.63) is 0 Å². The third-order valence-corrected chi connectivity index (χ3v) is 4.56. The molecule has 0 saturated carbocycles. The first kappa shape index (κ1) is 12.2. The molecule has 0 heterocycles. The van der Waals surface area contributed by atoms with E-state index in [9.17, 15) is 0 Å². The van der Waals surface area contributed by atoms with Crippen molar-refractivity contribution in [2.75, 3.05) is 20.0 Å². The SMILES string of the molecule is CP(C)(C)=C(Cl)Cl.[Ru]. The van der Waals surface area contributed by atoms with Crippen LogP contribution in [0.5, 0.6) is 0 Å². The number of rotatable bonds is 0. The predicted octanol–water partition coefficient (Wildman–Crippen LogP) is 2.46. The molecule has 0 spiro atoms. The molecule has 0 atom stereocenters. The second kappa shape index (κ2) is 4.34. The summed E-state index contributed by atoms with van der Waals surface area (Å²) >= 11 is 11.0. The summed E-state index contributed by atoms with van der Waals surface area (Å²) in [5.74, 6) is 0. The first-order chi connectivity index (χ1) is 2.94. The first-order valence-electron chi connectivity index (χ1n) is 1.94. The zero-order valence-electron chi connectivity index (χ0n) is 5.06. The monoisotopic (exact) mass is 260 g/mol. The summed E-state index contributed by atoms with van der Waals surface area (Å²) in [5.41, 5.74) is 0. The van der Waals surface area contributed by atoms with E-state index in [0.717, 1.165) is 0 Å². The minimum atomic E-state index is -1.04. The summed E-state index contributed by atoms with van der Waals surface area (Å²) < 4.78 is 0.549. The van der Waals surface area contributed by atoms with Crippen molar-refractivity contribution in [1.82, 2.24) is 0 Å². The standard InChI is InChI=1S/C4H9Cl2P.Ru/c1-7(2,3)4(5)6;/h1-3H3;. The van der Waals surface area contributed by atoms with E-state index in [4.69, 9.17) is 23.2 Å². The second-order valence-corrected chi connectivity index (χ2v) is 8.20. The molecule has 4 heteroatoms. The maximum atomic E-state index is 5.49. The number of halogens is 2. The summed E-state index contributed by atoms with van der Waals surface area (Å²) in [6.07, 6.45) is 0. The van der Waals surface area contributed by atoms with Gasteiger partial charge in [0.1, 0.15) is 4.21 Å². The third kappa shape index (κ3) is 5.64. The van der Waals surface area contributed by atoms with E-state index in [0.29, 0.717) is 4.21 Å². The fraction of sp³-hybridized carbons (Fsp3) is 0.750. The average Bonchev–Trinajstić information content (AvgIpc) is 1.31. The molecule has 52 valence electrons. The van der Waals surface area contributed by atoms with E-state index in [1.165, 1.54) is 0 Å². The van der Waals surface area contributed by atoms with Gasteiger partial charge in [0.05, 0.1) is 0 Å². The molecular weight excluding hydrogens is 251 g/mol. The molecule has 0 aliphatic rings. The molecule has 0 aromatic rings. The molecule has 0 aliphatic carbocycles. The molecule has 0 aromatic carbocycles. The molecule has 0 saturated heterocycles. The molecule has 0 nitrogen and oxygen atoms in total. The van der Waals surface area contributed by atoms with Gasteiger partial charge in [0, 0.05) is 19.5 Å². The van der Waals surface area contributed by atoms with Crippen LogP contribution < -0.4 is 0 Å². The molecule has 0 rings (SSSR count). The van der Waals surface area contributed by atoms with Crippen LogP contribution in [0.25, 0.3) is 0 Å². The Morgan fingerprint density at radius 3 is 1.25 bits per heavy atom. The Morgan fingerprint density at radius 1 is 1.12 bits per heavy atom. The normalized spacial score (nSPS) is 10.1. The second-order valence-electron chi connectivity index (χ2n) is 2.25. The van der Waals surface area contributed by atoms with Gasteiger partial charge in [-0.3, -0.25) is 0 Å². The average molecular weight is 260 g/mol. The van der Waals surface area contributed by atoms with E-state index in [2.05, 4.69) is 20.0 Å². The van der Waals surface area contributed by atoms with Gasteiger partial charge in [0.25, 0.3) is 0 Å². The number of hydrogen-bond acceptors (Lipinski definition) is 0. The van der Waals surface area contributed by atoms with E-state index in [1.807, 2.05) is 0 Å². The molecule has 0 radical (unpaired) electrons. The maximum Gasteiger partial charge on any atom is 0.101 e. The smallest absolute Gasteiger partial charge is 0.0826 e. The molecule has 0 unspecified atom stereocenters. The zero-order valence-corrected chi connectivity index (χ0v) is 9.20. The van der Waals surface area contributed by atoms with Crippen molar-refractivity contribution >= 4 is 34.3 Å². The van der Waals surface area contributed by atoms with Crippen LogP contribution in [0, 0.1) is 0 Å². The van der Waals surface area contributed by atoms with Crippen LogP contribution in [0.1, 0.15) is 0 Å². The van der Waals surface area contributed by atoms with Gasteiger partial charge in [-0.2, -0.15) is 0 Å². The van der Waals surface area contributed by atoms with Crippen LogP contribution in [-0.4, -0.2) is 24.2 Å². The quantitative estimate of drug-likeness (QED) is 0.463. The predicted molar refractivity (Wildman–Crippen MR) is 41.4 cm³/mol. The van der Waals surface area contributed by atoms with Gasteiger partial charge in [-0.25, -0.2) is 0 Å². The van der Waals surface area contributed by atoms with Gasteiger partial charge in [-0.1, -0.05) is 30.1 Å². The maximum absolute atomic E-state index is 5.49. The van der Waals surface area contributed by atoms with Crippen molar-refractivity contribution in [1.29, 1.82) is 0 Å². The molecular formula is C4H9Cl2PRu. The Labute approximate surface area is 73.7 Å². The Bertz CT molecular complexity index is 103. The van der Waals surface area contributed by atoms with E-state index in [1.54, 1.807) is 0 Å². The molecule has 0 bridgehead atoms. The van der Waals surface area contributed by atoms with Crippen LogP contribution in [0.2, 0.25) is 0 Å². The Balaban J connectivity index is 0. The van der Waals surface area contributed by atoms with Crippen LogP contribution in [0.4, 0.5) is 0 Å². The van der Waals surface area contributed by atoms with Crippen LogP contribution in [-0.2, 0) is 19.5 Å². The van der Waals surface area contributed by atoms with E-state index >= 15 is 0 Å². The van der Waals surface area contributed by atoms with Crippen molar-refractivity contribution in [2.45, 2.75) is 0 Å². The minimum absolute atomic E-state index is 0. The van der Waals surface area contributed by atoms with Gasteiger partial charge in [0.2, 0.25) is 0 Å². The van der Waals surface area contributed by atoms with E-state index < -0.39 is 6.89 Å². The van der Waals surface area contributed by atoms with Crippen molar-refractivity contribution in [3.8, 4) is 0 Å². The van der Waals surface area contributed by atoms with Crippen LogP contribution in [0.15, 0.2) is 0 Å². The summed E-state index contributed by atoms with van der Waals surface area (Å²) in [5, 5.41) is 0. The summed E-state index contributed by atoms with van der Waals surface area (Å²) in [6.45, 7) is 5.18. The Hall–Kier alpha value is 1.50. The van der Waals surface area contributed by atoms with Gasteiger partial charge < -0.3 is 0 Å². The molecule has 0 aliphatic heterocycles. The van der Waals surface area contributed by atoms with Gasteiger partial charge >= 0.3 is 0 Å². The topological polar surface area (TPSA) is 0 Å². The summed E-state index contributed by atoms with van der Waals surface area (Å²) in [6, 6.07) is 0. The van der Waals surface area contributed by atoms with E-state index in [-0.39, 0.29) is 19.5 Å². The third-order valence-electron chi connectivity index (χ3n) is 0.507. The molecule has 0 aromatic heterocycles. The minimum Gasteiger partial charge on any atom is -0.0826 e. The number of hydrogen-bond donors (Lipinski definition) is 0. The summed E-state index contributed by atoms with van der Waals surface area (Å²) in [4.78, 5) is 0. The fourth-order valence-corrected chi connectivity index (χ4v) is 0. The van der Waals surface area contributed by atoms with Gasteiger partial charge in [-0.05, 0) is 20.0 Å². The Morgan fingerprint density at radius 2 is 1.25 bits per heavy atom. The molecule has 0 N–H and O–H groups in total. The molecule has 8 heavy (non-hydrogen) atoms. The fourth-order valence-electron chi connectivity index (χ4n) is 0. The van der Waals surface area contributed by atoms with Crippen molar-refractivity contribution in [2.24, 2.45) is 0 Å². The van der Waals surface area contributed by atoms with Crippen LogP contribution >= 0.6 is 30.1 Å². The van der Waals surface area contributed by atoms with Gasteiger partial charge in [0.15, 0.2) is 0 Å². The first-order valence-corrected chi connectivity index (χ1v) is 5.83. The van der Waals surface area contributed by atoms with Crippen molar-refractivity contribution in [3.63, 3.8) is 0 Å². The van der Waals surface area contributed by atoms with Crippen LogP contribution in [0.3, 0.4) is 0 Å².